The Bertz CT molecular complexity index is 1190. The molecule has 9 heteroatoms. The first-order valence-corrected chi connectivity index (χ1v) is 27.2. The van der Waals surface area contributed by atoms with Gasteiger partial charge < -0.3 is 19.8 Å². The van der Waals surface area contributed by atoms with E-state index >= 15 is 0 Å². The molecule has 8 nitrogen and oxygen atoms in total. The molecule has 3 unspecified atom stereocenters. The van der Waals surface area contributed by atoms with E-state index < -0.39 is 20.0 Å². The second-order valence-corrected chi connectivity index (χ2v) is 20.0. The summed E-state index contributed by atoms with van der Waals surface area (Å²) in [4.78, 5) is 23.2. The number of quaternary nitrogens is 1. The summed E-state index contributed by atoms with van der Waals surface area (Å²) in [5, 5.41) is 13.8. The van der Waals surface area contributed by atoms with Crippen LogP contribution in [-0.4, -0.2) is 73.4 Å². The molecule has 0 saturated heterocycles. The van der Waals surface area contributed by atoms with Crippen molar-refractivity contribution in [2.75, 3.05) is 40.9 Å². The van der Waals surface area contributed by atoms with Crippen molar-refractivity contribution in [1.82, 2.24) is 5.32 Å². The number of aliphatic hydroxyl groups is 1. The summed E-state index contributed by atoms with van der Waals surface area (Å²) in [7, 11) is 1.53. The zero-order valence-electron chi connectivity index (χ0n) is 41.1. The number of unbranched alkanes of at least 4 members (excludes halogenated alkanes) is 26. The van der Waals surface area contributed by atoms with Gasteiger partial charge in [-0.15, -0.1) is 0 Å². The highest BCUT2D eigenvalue weighted by atomic mass is 31.2. The van der Waals surface area contributed by atoms with Gasteiger partial charge in [-0.25, -0.2) is 4.57 Å². The quantitative estimate of drug-likeness (QED) is 0.0185. The topological polar surface area (TPSA) is 105 Å². The van der Waals surface area contributed by atoms with Gasteiger partial charge in [-0.1, -0.05) is 203 Å². The minimum Gasteiger partial charge on any atom is -0.387 e. The van der Waals surface area contributed by atoms with Crippen molar-refractivity contribution in [1.29, 1.82) is 0 Å². The van der Waals surface area contributed by atoms with Crippen molar-refractivity contribution in [3.63, 3.8) is 0 Å². The van der Waals surface area contributed by atoms with Gasteiger partial charge in [0.25, 0.3) is 0 Å². The Balaban J connectivity index is 4.37. The highest BCUT2D eigenvalue weighted by molar-refractivity contribution is 7.47. The lowest BCUT2D eigenvalue weighted by Gasteiger charge is -2.25. The number of phosphoric ester groups is 1. The summed E-state index contributed by atoms with van der Waals surface area (Å²) in [6.45, 7) is 4.75. The molecule has 3 atom stereocenters. The molecule has 3 N–H and O–H groups in total. The first-order chi connectivity index (χ1) is 30.0. The number of hydrogen-bond donors (Lipinski definition) is 3. The average molecular weight is 892 g/mol. The first kappa shape index (κ1) is 60.2. The van der Waals surface area contributed by atoms with Gasteiger partial charge >= 0.3 is 7.82 Å². The summed E-state index contributed by atoms with van der Waals surface area (Å²) in [5.41, 5.74) is 0. The number of phosphoric acid groups is 1. The zero-order chi connectivity index (χ0) is 45.7. The molecule has 0 heterocycles. The fourth-order valence-electron chi connectivity index (χ4n) is 7.12. The Labute approximate surface area is 383 Å². The lowest BCUT2D eigenvalue weighted by atomic mass is 10.0. The van der Waals surface area contributed by atoms with Crippen LogP contribution >= 0.6 is 7.82 Å². The van der Waals surface area contributed by atoms with Crippen LogP contribution in [0.3, 0.4) is 0 Å². The van der Waals surface area contributed by atoms with E-state index in [1.807, 2.05) is 27.2 Å². The van der Waals surface area contributed by atoms with Crippen molar-refractivity contribution < 1.29 is 32.9 Å². The minimum atomic E-state index is -4.36. The van der Waals surface area contributed by atoms with E-state index in [1.165, 1.54) is 135 Å². The number of amides is 1. The molecule has 0 aromatic carbocycles. The molecule has 362 valence electrons. The maximum atomic E-state index is 12.9. The van der Waals surface area contributed by atoms with Crippen LogP contribution in [0.5, 0.6) is 0 Å². The van der Waals surface area contributed by atoms with E-state index in [-0.39, 0.29) is 19.1 Å². The van der Waals surface area contributed by atoms with E-state index in [0.29, 0.717) is 17.4 Å². The predicted molar refractivity (Wildman–Crippen MR) is 267 cm³/mol. The molecule has 0 aromatic rings. The number of rotatable bonds is 46. The number of aliphatic hydroxyl groups excluding tert-OH is 1. The summed E-state index contributed by atoms with van der Waals surface area (Å²) in [6, 6.07) is -0.878. The SMILES string of the molecule is CCCCC/C=C\C=C/CCCCCCCCC(=O)NC(COP(=O)(O)OCC[N+](C)(C)C)C(O)/C=C/CC/C=C/CC/C=C/CCCCCCCCCCCCCCCCC. The van der Waals surface area contributed by atoms with E-state index in [4.69, 9.17) is 9.05 Å². The van der Waals surface area contributed by atoms with Crippen molar-refractivity contribution in [2.45, 2.75) is 231 Å². The molecule has 1 amide bonds. The van der Waals surface area contributed by atoms with Crippen molar-refractivity contribution >= 4 is 13.7 Å². The van der Waals surface area contributed by atoms with Crippen molar-refractivity contribution in [3.8, 4) is 0 Å². The Morgan fingerprint density at radius 3 is 1.42 bits per heavy atom. The monoisotopic (exact) mass is 892 g/mol. The van der Waals surface area contributed by atoms with E-state index in [2.05, 4.69) is 67.8 Å². The molecule has 62 heavy (non-hydrogen) atoms. The number of carbonyl (C=O) groups is 1. The van der Waals surface area contributed by atoms with Crippen LogP contribution < -0.4 is 5.32 Å². The van der Waals surface area contributed by atoms with Gasteiger partial charge in [-0.05, 0) is 70.6 Å². The predicted octanol–water partition coefficient (Wildman–Crippen LogP) is 15.0. The highest BCUT2D eigenvalue weighted by Gasteiger charge is 2.27. The number of hydrogen-bond acceptors (Lipinski definition) is 5. The second-order valence-electron chi connectivity index (χ2n) is 18.6. The van der Waals surface area contributed by atoms with Gasteiger partial charge in [0.15, 0.2) is 0 Å². The molecule has 0 rings (SSSR count). The Kier molecular flexibility index (Phi) is 43.1. The Morgan fingerprint density at radius 1 is 0.548 bits per heavy atom. The van der Waals surface area contributed by atoms with Crippen LogP contribution in [0.4, 0.5) is 0 Å². The van der Waals surface area contributed by atoms with Gasteiger partial charge in [0.2, 0.25) is 5.91 Å². The molecule has 0 saturated carbocycles. The maximum absolute atomic E-state index is 12.9. The maximum Gasteiger partial charge on any atom is 0.472 e. The van der Waals surface area contributed by atoms with Crippen LogP contribution in [0.2, 0.25) is 0 Å². The van der Waals surface area contributed by atoms with Gasteiger partial charge in [0, 0.05) is 6.42 Å². The number of nitrogens with one attached hydrogen (secondary N) is 1. The third kappa shape index (κ3) is 46.2. The molecule has 0 aliphatic heterocycles. The Morgan fingerprint density at radius 2 is 0.935 bits per heavy atom. The first-order valence-electron chi connectivity index (χ1n) is 25.7. The molecule has 0 spiro atoms. The van der Waals surface area contributed by atoms with Crippen LogP contribution in [0.15, 0.2) is 60.8 Å². The molecular formula is C53H100N2O6P+. The standard InChI is InChI=1S/C53H99N2O6P/c1-6-8-10-12-14-16-18-20-22-23-24-25-26-27-28-29-30-31-33-34-36-38-40-42-44-46-52(56)51(50-61-62(58,59)60-49-48-55(3,4)5)54-53(57)47-45-43-41-39-37-35-32-21-19-17-15-13-11-9-7-2/h15,17,19,21,30-31,36,38,44,46,51-52,56H,6-14,16,18,20,22-29,32-35,37,39-43,45,47-50H2,1-5H3,(H-,54,57,58,59)/p+1/b17-15-,21-19-,31-30+,38-36+,46-44+. The van der Waals surface area contributed by atoms with Crippen molar-refractivity contribution in [3.05, 3.63) is 60.8 Å². The number of likely N-dealkylation sites (N-methyl/N-ethyl adjacent to an activating group) is 1. The smallest absolute Gasteiger partial charge is 0.387 e. The molecule has 0 bridgehead atoms. The number of allylic oxidation sites excluding steroid dienone is 9. The third-order valence-corrected chi connectivity index (χ3v) is 12.2. The summed E-state index contributed by atoms with van der Waals surface area (Å²) in [6.07, 6.45) is 58.8. The molecule has 0 aliphatic rings. The summed E-state index contributed by atoms with van der Waals surface area (Å²) < 4.78 is 23.6. The van der Waals surface area contributed by atoms with Gasteiger partial charge in [0.1, 0.15) is 13.2 Å². The fraction of sp³-hybridized carbons (Fsp3) is 0.792. The van der Waals surface area contributed by atoms with Crippen LogP contribution in [-0.2, 0) is 18.4 Å². The van der Waals surface area contributed by atoms with Crippen LogP contribution in [0, 0.1) is 0 Å². The largest absolute Gasteiger partial charge is 0.472 e. The Hall–Kier alpha value is -1.80. The summed E-state index contributed by atoms with van der Waals surface area (Å²) >= 11 is 0. The summed E-state index contributed by atoms with van der Waals surface area (Å²) in [5.74, 6) is -0.204. The molecule has 0 radical (unpaired) electrons. The fourth-order valence-corrected chi connectivity index (χ4v) is 7.86. The molecule has 0 aromatic heterocycles. The minimum absolute atomic E-state index is 0.0490. The van der Waals surface area contributed by atoms with E-state index in [1.54, 1.807) is 6.08 Å². The van der Waals surface area contributed by atoms with Gasteiger partial charge in [-0.2, -0.15) is 0 Å². The number of nitrogens with zero attached hydrogens (tertiary/aromatic N) is 1. The lowest BCUT2D eigenvalue weighted by Crippen LogP contribution is -2.45. The lowest BCUT2D eigenvalue weighted by molar-refractivity contribution is -0.870. The van der Waals surface area contributed by atoms with Gasteiger partial charge in [0.05, 0.1) is 39.9 Å². The average Bonchev–Trinajstić information content (AvgIpc) is 3.23. The molecule has 0 aliphatic carbocycles. The number of carbonyl (C=O) groups excluding carboxylic acids is 1. The zero-order valence-corrected chi connectivity index (χ0v) is 42.0. The third-order valence-electron chi connectivity index (χ3n) is 11.2. The normalized spacial score (nSPS) is 14.6. The molecule has 0 fully saturated rings. The van der Waals surface area contributed by atoms with Crippen LogP contribution in [0.1, 0.15) is 219 Å². The van der Waals surface area contributed by atoms with Crippen LogP contribution in [0.25, 0.3) is 0 Å². The van der Waals surface area contributed by atoms with E-state index in [9.17, 15) is 19.4 Å². The molecular weight excluding hydrogens is 792 g/mol. The van der Waals surface area contributed by atoms with E-state index in [0.717, 1.165) is 64.2 Å². The van der Waals surface area contributed by atoms with Crippen molar-refractivity contribution in [2.24, 2.45) is 0 Å². The highest BCUT2D eigenvalue weighted by Crippen LogP contribution is 2.43. The second kappa shape index (κ2) is 44.4. The van der Waals surface area contributed by atoms with Gasteiger partial charge in [-0.3, -0.25) is 13.8 Å².